The van der Waals surface area contributed by atoms with Crippen molar-refractivity contribution in [1.29, 1.82) is 0 Å². The van der Waals surface area contributed by atoms with Gasteiger partial charge in [-0.3, -0.25) is 14.6 Å². The first kappa shape index (κ1) is 21.2. The lowest BCUT2D eigenvalue weighted by Crippen LogP contribution is -2.28. The third-order valence-electron chi connectivity index (χ3n) is 6.16. The second-order valence-corrected chi connectivity index (χ2v) is 8.82. The van der Waals surface area contributed by atoms with Gasteiger partial charge in [-0.15, -0.1) is 0 Å². The van der Waals surface area contributed by atoms with Crippen LogP contribution in [0.1, 0.15) is 42.1 Å². The third-order valence-corrected chi connectivity index (χ3v) is 6.16. The molecule has 0 unspecified atom stereocenters. The average molecular weight is 446 g/mol. The van der Waals surface area contributed by atoms with Crippen LogP contribution >= 0.6 is 0 Å². The number of pyridine rings is 1. The number of amides is 2. The van der Waals surface area contributed by atoms with Crippen LogP contribution in [0, 0.1) is 6.92 Å². The Bertz CT molecular complexity index is 1200. The molecule has 1 aromatic carbocycles. The van der Waals surface area contributed by atoms with E-state index < -0.39 is 0 Å². The molecule has 3 aromatic rings. The molecule has 1 N–H and O–H groups in total. The summed E-state index contributed by atoms with van der Waals surface area (Å²) < 4.78 is 7.82. The molecular weight excluding hydrogens is 418 g/mol. The molecule has 1 saturated heterocycles. The molecule has 8 nitrogen and oxygen atoms in total. The zero-order valence-electron chi connectivity index (χ0n) is 18.8. The van der Waals surface area contributed by atoms with Gasteiger partial charge in [0.1, 0.15) is 11.9 Å². The van der Waals surface area contributed by atoms with Crippen molar-refractivity contribution in [3.05, 3.63) is 60.2 Å². The number of hydrogen-bond acceptors (Lipinski definition) is 5. The van der Waals surface area contributed by atoms with Gasteiger partial charge in [0.15, 0.2) is 0 Å². The molecule has 0 spiro atoms. The van der Waals surface area contributed by atoms with E-state index >= 15 is 0 Å². The summed E-state index contributed by atoms with van der Waals surface area (Å²) in [7, 11) is 0. The van der Waals surface area contributed by atoms with Gasteiger partial charge in [0.25, 0.3) is 5.91 Å². The number of nitrogens with one attached hydrogen (secondary N) is 1. The largest absolute Gasteiger partial charge is 0.487 e. The summed E-state index contributed by atoms with van der Waals surface area (Å²) in [5.41, 5.74) is 4.40. The van der Waals surface area contributed by atoms with Crippen molar-refractivity contribution in [3.63, 3.8) is 0 Å². The fourth-order valence-electron chi connectivity index (χ4n) is 4.07. The summed E-state index contributed by atoms with van der Waals surface area (Å²) in [5, 5.41) is 7.55. The first-order valence-corrected chi connectivity index (χ1v) is 11.3. The molecule has 3 heterocycles. The number of benzene rings is 1. The minimum Gasteiger partial charge on any atom is -0.487 e. The van der Waals surface area contributed by atoms with Gasteiger partial charge < -0.3 is 15.0 Å². The molecule has 170 valence electrons. The Morgan fingerprint density at radius 3 is 2.73 bits per heavy atom. The van der Waals surface area contributed by atoms with Crippen LogP contribution in [0.5, 0.6) is 5.75 Å². The molecule has 5 rings (SSSR count). The molecule has 1 aliphatic heterocycles. The molecule has 2 aromatic heterocycles. The van der Waals surface area contributed by atoms with Crippen molar-refractivity contribution in [2.75, 3.05) is 13.1 Å². The molecule has 0 radical (unpaired) electrons. The van der Waals surface area contributed by atoms with E-state index in [2.05, 4.69) is 15.4 Å². The van der Waals surface area contributed by atoms with Crippen LogP contribution in [0.4, 0.5) is 0 Å². The van der Waals surface area contributed by atoms with Gasteiger partial charge in [-0.1, -0.05) is 6.07 Å². The van der Waals surface area contributed by atoms with Crippen LogP contribution in [0.3, 0.4) is 0 Å². The topological polar surface area (TPSA) is 89.4 Å². The molecule has 1 atom stereocenters. The van der Waals surface area contributed by atoms with E-state index in [1.807, 2.05) is 37.4 Å². The predicted molar refractivity (Wildman–Crippen MR) is 123 cm³/mol. The lowest BCUT2D eigenvalue weighted by Gasteiger charge is -2.15. The standard InChI is InChI=1S/C25H27N5O3/c1-16-3-4-18(25(32)28-20-5-6-20)9-24(16)19-11-27-30(14-19)21-10-23(13-26-12-21)33-22-7-8-29(15-22)17(2)31/h3-4,9-14,20,22H,5-8,15H2,1-2H3,(H,28,32)/t22-/m1/s1. The Morgan fingerprint density at radius 1 is 1.12 bits per heavy atom. The second kappa shape index (κ2) is 8.69. The molecule has 1 saturated carbocycles. The fourth-order valence-corrected chi connectivity index (χ4v) is 4.07. The van der Waals surface area contributed by atoms with E-state index in [1.165, 1.54) is 0 Å². The molecule has 1 aliphatic carbocycles. The number of nitrogens with zero attached hydrogens (tertiary/aromatic N) is 4. The number of aromatic nitrogens is 3. The van der Waals surface area contributed by atoms with Crippen LogP contribution < -0.4 is 10.1 Å². The average Bonchev–Trinajstić information content (AvgIpc) is 3.28. The highest BCUT2D eigenvalue weighted by Crippen LogP contribution is 2.27. The number of rotatable bonds is 6. The first-order valence-electron chi connectivity index (χ1n) is 11.3. The van der Waals surface area contributed by atoms with Crippen molar-refractivity contribution in [1.82, 2.24) is 25.0 Å². The maximum absolute atomic E-state index is 12.5. The number of ether oxygens (including phenoxy) is 1. The van der Waals surface area contributed by atoms with E-state index in [1.54, 1.807) is 35.1 Å². The van der Waals surface area contributed by atoms with Crippen molar-refractivity contribution in [3.8, 4) is 22.6 Å². The number of aryl methyl sites for hydroxylation is 1. The SMILES string of the molecule is CC(=O)N1CC[C@@H](Oc2cncc(-n3cc(-c4cc(C(=O)NC5CC5)ccc4C)cn3)c2)C1. The van der Waals surface area contributed by atoms with Gasteiger partial charge in [0.05, 0.1) is 30.8 Å². The van der Waals surface area contributed by atoms with Crippen LogP contribution in [0.15, 0.2) is 49.1 Å². The van der Waals surface area contributed by atoms with Crippen molar-refractivity contribution < 1.29 is 14.3 Å². The summed E-state index contributed by atoms with van der Waals surface area (Å²) >= 11 is 0. The van der Waals surface area contributed by atoms with Crippen LogP contribution in [-0.2, 0) is 4.79 Å². The minimum atomic E-state index is -0.0358. The van der Waals surface area contributed by atoms with Crippen molar-refractivity contribution in [2.45, 2.75) is 45.3 Å². The Hall–Kier alpha value is -3.68. The summed E-state index contributed by atoms with van der Waals surface area (Å²) in [5.74, 6) is 0.687. The van der Waals surface area contributed by atoms with Crippen LogP contribution in [0.2, 0.25) is 0 Å². The maximum Gasteiger partial charge on any atom is 0.251 e. The summed E-state index contributed by atoms with van der Waals surface area (Å²) in [4.78, 5) is 30.1. The predicted octanol–water partition coefficient (Wildman–Crippen LogP) is 3.13. The van der Waals surface area contributed by atoms with Crippen molar-refractivity contribution in [2.24, 2.45) is 0 Å². The van der Waals surface area contributed by atoms with Crippen molar-refractivity contribution >= 4 is 11.8 Å². The van der Waals surface area contributed by atoms with E-state index in [4.69, 9.17) is 4.74 Å². The van der Waals surface area contributed by atoms with Gasteiger partial charge >= 0.3 is 0 Å². The highest BCUT2D eigenvalue weighted by atomic mass is 16.5. The highest BCUT2D eigenvalue weighted by Gasteiger charge is 2.26. The Kier molecular flexibility index (Phi) is 5.58. The number of carbonyl (C=O) groups is 2. The lowest BCUT2D eigenvalue weighted by atomic mass is 10.0. The second-order valence-electron chi connectivity index (χ2n) is 8.82. The van der Waals surface area contributed by atoms with Gasteiger partial charge in [-0.2, -0.15) is 5.10 Å². The summed E-state index contributed by atoms with van der Waals surface area (Å²) in [6.07, 6.45) is 10.0. The Balaban J connectivity index is 1.33. The zero-order valence-corrected chi connectivity index (χ0v) is 18.8. The molecule has 0 bridgehead atoms. The smallest absolute Gasteiger partial charge is 0.251 e. The molecule has 2 aliphatic rings. The first-order chi connectivity index (χ1) is 16.0. The zero-order chi connectivity index (χ0) is 22.9. The van der Waals surface area contributed by atoms with Gasteiger partial charge in [-0.25, -0.2) is 4.68 Å². The van der Waals surface area contributed by atoms with Gasteiger partial charge in [0, 0.05) is 49.3 Å². The van der Waals surface area contributed by atoms with Crippen LogP contribution in [-0.4, -0.2) is 56.7 Å². The van der Waals surface area contributed by atoms with E-state index in [0.29, 0.717) is 30.4 Å². The Morgan fingerprint density at radius 2 is 1.97 bits per heavy atom. The monoisotopic (exact) mass is 445 g/mol. The molecular formula is C25H27N5O3. The van der Waals surface area contributed by atoms with Gasteiger partial charge in [-0.05, 0) is 43.0 Å². The number of likely N-dealkylation sites (tertiary alicyclic amines) is 1. The number of carbonyl (C=O) groups excluding carboxylic acids is 2. The maximum atomic E-state index is 12.5. The van der Waals surface area contributed by atoms with Gasteiger partial charge in [0.2, 0.25) is 5.91 Å². The number of hydrogen-bond donors (Lipinski definition) is 1. The normalized spacial score (nSPS) is 17.8. The lowest BCUT2D eigenvalue weighted by molar-refractivity contribution is -0.128. The molecule has 2 amide bonds. The van der Waals surface area contributed by atoms with E-state index in [-0.39, 0.29) is 17.9 Å². The third kappa shape index (κ3) is 4.74. The molecule has 33 heavy (non-hydrogen) atoms. The summed E-state index contributed by atoms with van der Waals surface area (Å²) in [6.45, 7) is 4.91. The van der Waals surface area contributed by atoms with E-state index in [9.17, 15) is 9.59 Å². The minimum absolute atomic E-state index is 0.0320. The van der Waals surface area contributed by atoms with Crippen LogP contribution in [0.25, 0.3) is 16.8 Å². The highest BCUT2D eigenvalue weighted by molar-refractivity contribution is 5.96. The quantitative estimate of drug-likeness (QED) is 0.630. The molecule has 8 heteroatoms. The Labute approximate surface area is 192 Å². The summed E-state index contributed by atoms with van der Waals surface area (Å²) in [6, 6.07) is 7.97. The fraction of sp³-hybridized carbons (Fsp3) is 0.360. The van der Waals surface area contributed by atoms with E-state index in [0.717, 1.165) is 41.6 Å². The molecule has 2 fully saturated rings.